The summed E-state index contributed by atoms with van der Waals surface area (Å²) < 4.78 is 0. The minimum absolute atomic E-state index is 0.0579. The molecule has 2 unspecified atom stereocenters. The van der Waals surface area contributed by atoms with Gasteiger partial charge >= 0.3 is 5.97 Å². The lowest BCUT2D eigenvalue weighted by Crippen LogP contribution is -2.31. The zero-order valence-corrected chi connectivity index (χ0v) is 15.0. The van der Waals surface area contributed by atoms with Gasteiger partial charge in [0.2, 0.25) is 5.91 Å². The van der Waals surface area contributed by atoms with Crippen LogP contribution in [0.1, 0.15) is 29.4 Å². The van der Waals surface area contributed by atoms with Crippen molar-refractivity contribution < 1.29 is 14.7 Å². The molecule has 1 saturated heterocycles. The van der Waals surface area contributed by atoms with Crippen molar-refractivity contribution in [1.82, 2.24) is 4.90 Å². The molecule has 2 aromatic carbocycles. The molecular formula is C21H20ClNO3. The number of aliphatic carboxylic acids is 1. The number of rotatable bonds is 4. The molecule has 1 amide bonds. The molecule has 0 spiro atoms. The number of nitrogens with zero attached hydrogens (tertiary/aromatic N) is 1. The number of hydrogen-bond donors (Lipinski definition) is 1. The first-order valence-corrected chi connectivity index (χ1v) is 9.24. The van der Waals surface area contributed by atoms with E-state index < -0.39 is 11.9 Å². The van der Waals surface area contributed by atoms with E-state index in [1.54, 1.807) is 4.90 Å². The first-order chi connectivity index (χ1) is 12.5. The summed E-state index contributed by atoms with van der Waals surface area (Å²) in [5.41, 5.74) is 2.07. The fraction of sp³-hybridized carbons (Fsp3) is 0.333. The molecule has 1 aliphatic heterocycles. The Kier molecular flexibility index (Phi) is 4.45. The van der Waals surface area contributed by atoms with E-state index in [2.05, 4.69) is 0 Å². The molecule has 4 nitrogen and oxygen atoms in total. The van der Waals surface area contributed by atoms with Crippen LogP contribution in [0.4, 0.5) is 0 Å². The largest absolute Gasteiger partial charge is 0.481 e. The van der Waals surface area contributed by atoms with Crippen molar-refractivity contribution in [3.05, 3.63) is 70.7 Å². The Morgan fingerprint density at radius 2 is 1.65 bits per heavy atom. The Bertz CT molecular complexity index is 838. The monoisotopic (exact) mass is 369 g/mol. The number of carboxylic acids is 1. The van der Waals surface area contributed by atoms with Gasteiger partial charge in [0.1, 0.15) is 0 Å². The molecule has 1 saturated carbocycles. The maximum absolute atomic E-state index is 12.9. The summed E-state index contributed by atoms with van der Waals surface area (Å²) in [6, 6.07) is 17.3. The highest BCUT2D eigenvalue weighted by molar-refractivity contribution is 6.30. The molecule has 5 heteroatoms. The Labute approximate surface area is 157 Å². The molecule has 1 heterocycles. The number of likely N-dealkylation sites (tertiary alicyclic amines) is 1. The van der Waals surface area contributed by atoms with Crippen molar-refractivity contribution in [2.75, 3.05) is 13.1 Å². The Morgan fingerprint density at radius 3 is 2.35 bits per heavy atom. The van der Waals surface area contributed by atoms with Gasteiger partial charge in [-0.1, -0.05) is 54.1 Å². The van der Waals surface area contributed by atoms with Gasteiger partial charge in [0.25, 0.3) is 0 Å². The fourth-order valence-electron chi connectivity index (χ4n) is 4.08. The van der Waals surface area contributed by atoms with Crippen LogP contribution in [0.5, 0.6) is 0 Å². The standard InChI is InChI=1S/C21H20ClNO3/c22-15-8-4-7-14(9-15)16-10-17(16)20(24)23-11-18(19(12-23)21(25)26)13-5-2-1-3-6-13/h1-9,16-19H,10-12H2,(H,25,26)/t16?,17?,18-,19-/m1/s1. The van der Waals surface area contributed by atoms with Gasteiger partial charge in [-0.15, -0.1) is 0 Å². The van der Waals surface area contributed by atoms with Crippen LogP contribution in [-0.2, 0) is 9.59 Å². The molecule has 2 aliphatic rings. The summed E-state index contributed by atoms with van der Waals surface area (Å²) in [7, 11) is 0. The van der Waals surface area contributed by atoms with Crippen molar-refractivity contribution in [2.24, 2.45) is 11.8 Å². The maximum Gasteiger partial charge on any atom is 0.308 e. The van der Waals surface area contributed by atoms with E-state index in [0.29, 0.717) is 11.6 Å². The third kappa shape index (κ3) is 3.21. The number of benzene rings is 2. The highest BCUT2D eigenvalue weighted by Gasteiger charge is 2.49. The van der Waals surface area contributed by atoms with Gasteiger partial charge in [0, 0.05) is 29.9 Å². The topological polar surface area (TPSA) is 57.6 Å². The van der Waals surface area contributed by atoms with Gasteiger partial charge in [0.05, 0.1) is 5.92 Å². The molecule has 4 rings (SSSR count). The predicted molar refractivity (Wildman–Crippen MR) is 99.2 cm³/mol. The van der Waals surface area contributed by atoms with E-state index in [1.165, 1.54) is 0 Å². The lowest BCUT2D eigenvalue weighted by Gasteiger charge is -2.17. The average molecular weight is 370 g/mol. The molecule has 1 aliphatic carbocycles. The molecule has 2 fully saturated rings. The summed E-state index contributed by atoms with van der Waals surface area (Å²) >= 11 is 6.05. The van der Waals surface area contributed by atoms with Crippen molar-refractivity contribution in [1.29, 1.82) is 0 Å². The normalized spacial score (nSPS) is 27.3. The highest BCUT2D eigenvalue weighted by atomic mass is 35.5. The summed E-state index contributed by atoms with van der Waals surface area (Å²) in [5, 5.41) is 10.3. The maximum atomic E-state index is 12.9. The number of carbonyl (C=O) groups is 2. The van der Waals surface area contributed by atoms with Gasteiger partial charge in [-0.25, -0.2) is 0 Å². The van der Waals surface area contributed by atoms with Gasteiger partial charge in [-0.3, -0.25) is 9.59 Å². The van der Waals surface area contributed by atoms with E-state index in [9.17, 15) is 14.7 Å². The number of carbonyl (C=O) groups excluding carboxylic acids is 1. The van der Waals surface area contributed by atoms with Crippen LogP contribution in [0.2, 0.25) is 5.02 Å². The second-order valence-corrected chi connectivity index (χ2v) is 7.65. The second kappa shape index (κ2) is 6.76. The smallest absolute Gasteiger partial charge is 0.308 e. The van der Waals surface area contributed by atoms with Gasteiger partial charge < -0.3 is 10.0 Å². The van der Waals surface area contributed by atoms with E-state index >= 15 is 0 Å². The number of carboxylic acid groups (broad SMARTS) is 1. The average Bonchev–Trinajstić information content (AvgIpc) is 3.31. The van der Waals surface area contributed by atoms with Crippen LogP contribution in [0, 0.1) is 11.8 Å². The summed E-state index contributed by atoms with van der Waals surface area (Å²) in [6.07, 6.45) is 0.809. The lowest BCUT2D eigenvalue weighted by atomic mass is 9.89. The van der Waals surface area contributed by atoms with Crippen LogP contribution in [0.3, 0.4) is 0 Å². The van der Waals surface area contributed by atoms with E-state index in [4.69, 9.17) is 11.6 Å². The lowest BCUT2D eigenvalue weighted by molar-refractivity contribution is -0.142. The predicted octanol–water partition coefficient (Wildman–Crippen LogP) is 3.77. The third-order valence-corrected chi connectivity index (χ3v) is 5.80. The fourth-order valence-corrected chi connectivity index (χ4v) is 4.28. The second-order valence-electron chi connectivity index (χ2n) is 7.21. The van der Waals surface area contributed by atoms with E-state index in [1.807, 2.05) is 54.6 Å². The SMILES string of the molecule is O=C(O)[C@@H]1CN(C(=O)C2CC2c2cccc(Cl)c2)C[C@@H]1c1ccccc1. The van der Waals surface area contributed by atoms with Crippen molar-refractivity contribution >= 4 is 23.5 Å². The first kappa shape index (κ1) is 17.1. The van der Waals surface area contributed by atoms with Crippen molar-refractivity contribution in [3.63, 3.8) is 0 Å². The highest BCUT2D eigenvalue weighted by Crippen LogP contribution is 2.49. The summed E-state index contributed by atoms with van der Waals surface area (Å²) in [4.78, 5) is 26.4. The minimum atomic E-state index is -0.837. The summed E-state index contributed by atoms with van der Waals surface area (Å²) in [6.45, 7) is 0.755. The Hall–Kier alpha value is -2.33. The minimum Gasteiger partial charge on any atom is -0.481 e. The molecule has 26 heavy (non-hydrogen) atoms. The molecule has 1 N–H and O–H groups in total. The van der Waals surface area contributed by atoms with Crippen LogP contribution in [0.15, 0.2) is 54.6 Å². The molecule has 0 radical (unpaired) electrons. The zero-order chi connectivity index (χ0) is 18.3. The van der Waals surface area contributed by atoms with Gasteiger partial charge in [0.15, 0.2) is 0 Å². The zero-order valence-electron chi connectivity index (χ0n) is 14.2. The van der Waals surface area contributed by atoms with E-state index in [0.717, 1.165) is 17.5 Å². The molecule has 0 aromatic heterocycles. The first-order valence-electron chi connectivity index (χ1n) is 8.86. The molecule has 0 bridgehead atoms. The quantitative estimate of drug-likeness (QED) is 0.892. The van der Waals surface area contributed by atoms with Crippen LogP contribution in [-0.4, -0.2) is 35.0 Å². The molecular weight excluding hydrogens is 350 g/mol. The number of halogens is 1. The summed E-state index contributed by atoms with van der Waals surface area (Å²) in [5.74, 6) is -1.33. The van der Waals surface area contributed by atoms with Crippen LogP contribution >= 0.6 is 11.6 Å². The van der Waals surface area contributed by atoms with Crippen molar-refractivity contribution in [3.8, 4) is 0 Å². The third-order valence-electron chi connectivity index (χ3n) is 5.56. The molecule has 2 aromatic rings. The number of hydrogen-bond acceptors (Lipinski definition) is 2. The van der Waals surface area contributed by atoms with Crippen LogP contribution < -0.4 is 0 Å². The molecule has 4 atom stereocenters. The molecule has 134 valence electrons. The van der Waals surface area contributed by atoms with Crippen LogP contribution in [0.25, 0.3) is 0 Å². The Balaban J connectivity index is 1.48. The van der Waals surface area contributed by atoms with Gasteiger partial charge in [-0.2, -0.15) is 0 Å². The van der Waals surface area contributed by atoms with E-state index in [-0.39, 0.29) is 30.2 Å². The van der Waals surface area contributed by atoms with Gasteiger partial charge in [-0.05, 0) is 35.6 Å². The van der Waals surface area contributed by atoms with Crippen molar-refractivity contribution in [2.45, 2.75) is 18.3 Å². The number of amides is 1. The Morgan fingerprint density at radius 1 is 0.923 bits per heavy atom.